The van der Waals surface area contributed by atoms with Crippen LogP contribution in [0.15, 0.2) is 6.07 Å². The van der Waals surface area contributed by atoms with Gasteiger partial charge in [-0.3, -0.25) is 0 Å². The second-order valence-corrected chi connectivity index (χ2v) is 4.22. The first-order valence-electron chi connectivity index (χ1n) is 4.65. The molecule has 16 heavy (non-hydrogen) atoms. The molecule has 0 radical (unpaired) electrons. The largest absolute Gasteiger partial charge is 0.493 e. The lowest BCUT2D eigenvalue weighted by Crippen LogP contribution is -2.18. The van der Waals surface area contributed by atoms with Crippen molar-refractivity contribution in [1.29, 1.82) is 0 Å². The van der Waals surface area contributed by atoms with Gasteiger partial charge >= 0.3 is 0 Å². The van der Waals surface area contributed by atoms with Gasteiger partial charge in [-0.25, -0.2) is 4.39 Å². The lowest BCUT2D eigenvalue weighted by atomic mass is 9.96. The molecule has 0 aliphatic rings. The second kappa shape index (κ2) is 4.47. The number of rotatable bonds is 3. The van der Waals surface area contributed by atoms with Gasteiger partial charge in [0.2, 0.25) is 0 Å². The van der Waals surface area contributed by atoms with Crippen molar-refractivity contribution < 1.29 is 19.0 Å². The van der Waals surface area contributed by atoms with E-state index in [4.69, 9.17) is 21.1 Å². The van der Waals surface area contributed by atoms with Crippen LogP contribution >= 0.6 is 11.6 Å². The van der Waals surface area contributed by atoms with E-state index in [1.54, 1.807) is 0 Å². The minimum absolute atomic E-state index is 0.162. The summed E-state index contributed by atoms with van der Waals surface area (Å²) in [4.78, 5) is 0. The van der Waals surface area contributed by atoms with Gasteiger partial charge in [-0.05, 0) is 13.8 Å². The molecule has 1 rings (SSSR count). The second-order valence-electron chi connectivity index (χ2n) is 3.84. The number of hydrogen-bond donors (Lipinski definition) is 1. The van der Waals surface area contributed by atoms with Gasteiger partial charge in [0, 0.05) is 6.07 Å². The third-order valence-electron chi connectivity index (χ3n) is 2.17. The van der Waals surface area contributed by atoms with Gasteiger partial charge in [0.25, 0.3) is 0 Å². The molecule has 1 aromatic rings. The van der Waals surface area contributed by atoms with Crippen LogP contribution in [0.25, 0.3) is 0 Å². The minimum Gasteiger partial charge on any atom is -0.493 e. The zero-order valence-electron chi connectivity index (χ0n) is 9.60. The molecule has 0 amide bonds. The van der Waals surface area contributed by atoms with E-state index >= 15 is 0 Å². The average molecular weight is 249 g/mol. The number of halogens is 2. The van der Waals surface area contributed by atoms with Gasteiger partial charge in [0.15, 0.2) is 11.5 Å². The fourth-order valence-electron chi connectivity index (χ4n) is 1.49. The van der Waals surface area contributed by atoms with Crippen LogP contribution in [0.2, 0.25) is 5.02 Å². The molecule has 0 heterocycles. The van der Waals surface area contributed by atoms with Crippen molar-refractivity contribution in [2.75, 3.05) is 14.2 Å². The Hall–Kier alpha value is -1.00. The van der Waals surface area contributed by atoms with Crippen molar-refractivity contribution in [1.82, 2.24) is 0 Å². The molecular formula is C11H14ClFO3. The summed E-state index contributed by atoms with van der Waals surface area (Å²) in [5.74, 6) is -0.223. The van der Waals surface area contributed by atoms with E-state index in [1.807, 2.05) is 0 Å². The third-order valence-corrected chi connectivity index (χ3v) is 2.54. The van der Waals surface area contributed by atoms with Crippen LogP contribution in [0, 0.1) is 5.82 Å². The van der Waals surface area contributed by atoms with Crippen LogP contribution < -0.4 is 9.47 Å². The predicted octanol–water partition coefficient (Wildman–Crippen LogP) is 2.72. The van der Waals surface area contributed by atoms with Crippen molar-refractivity contribution in [3.05, 3.63) is 22.5 Å². The molecule has 0 saturated heterocycles. The van der Waals surface area contributed by atoms with E-state index in [2.05, 4.69) is 0 Å². The Morgan fingerprint density at radius 3 is 2.25 bits per heavy atom. The lowest BCUT2D eigenvalue weighted by molar-refractivity contribution is 0.0748. The standard InChI is InChI=1S/C11H14ClFO3/c1-11(2,14)8-9(12)6(13)5-7(15-3)10(8)16-4/h5,14H,1-4H3. The Balaban J connectivity index is 3.60. The van der Waals surface area contributed by atoms with Crippen molar-refractivity contribution in [2.45, 2.75) is 19.4 Å². The van der Waals surface area contributed by atoms with Crippen LogP contribution in [-0.4, -0.2) is 19.3 Å². The maximum Gasteiger partial charge on any atom is 0.168 e. The molecule has 90 valence electrons. The van der Waals surface area contributed by atoms with E-state index in [0.717, 1.165) is 6.07 Å². The summed E-state index contributed by atoms with van der Waals surface area (Å²) >= 11 is 5.82. The maximum absolute atomic E-state index is 13.5. The molecule has 0 spiro atoms. The molecule has 0 bridgehead atoms. The van der Waals surface area contributed by atoms with Crippen LogP contribution in [0.3, 0.4) is 0 Å². The predicted molar refractivity (Wildman–Crippen MR) is 59.8 cm³/mol. The Morgan fingerprint density at radius 2 is 1.88 bits per heavy atom. The molecule has 1 aromatic carbocycles. The molecule has 5 heteroatoms. The third kappa shape index (κ3) is 2.23. The van der Waals surface area contributed by atoms with Crippen LogP contribution in [0.5, 0.6) is 11.5 Å². The summed E-state index contributed by atoms with van der Waals surface area (Å²) in [6.45, 7) is 2.99. The monoisotopic (exact) mass is 248 g/mol. The highest BCUT2D eigenvalue weighted by molar-refractivity contribution is 6.32. The Labute approximate surface area is 98.7 Å². The summed E-state index contributed by atoms with van der Waals surface area (Å²) in [7, 11) is 2.79. The molecule has 0 fully saturated rings. The molecule has 0 saturated carbocycles. The molecule has 3 nitrogen and oxygen atoms in total. The quantitative estimate of drug-likeness (QED) is 0.894. The number of hydrogen-bond acceptors (Lipinski definition) is 3. The van der Waals surface area contributed by atoms with E-state index in [-0.39, 0.29) is 22.1 Å². The number of ether oxygens (including phenoxy) is 2. The maximum atomic E-state index is 13.5. The summed E-state index contributed by atoms with van der Waals surface area (Å²) < 4.78 is 23.6. The highest BCUT2D eigenvalue weighted by atomic mass is 35.5. The minimum atomic E-state index is -1.32. The van der Waals surface area contributed by atoms with E-state index in [9.17, 15) is 9.50 Å². The molecule has 0 aliphatic heterocycles. The first-order chi connectivity index (χ1) is 7.32. The van der Waals surface area contributed by atoms with Crippen molar-refractivity contribution in [2.24, 2.45) is 0 Å². The molecular weight excluding hydrogens is 235 g/mol. The van der Waals surface area contributed by atoms with Gasteiger partial charge in [-0.2, -0.15) is 0 Å². The van der Waals surface area contributed by atoms with Gasteiger partial charge in [0.05, 0.1) is 30.4 Å². The highest BCUT2D eigenvalue weighted by Gasteiger charge is 2.29. The first-order valence-corrected chi connectivity index (χ1v) is 5.03. The number of methoxy groups -OCH3 is 2. The van der Waals surface area contributed by atoms with Crippen LogP contribution in [0.4, 0.5) is 4.39 Å². The summed E-state index contributed by atoms with van der Waals surface area (Å²) in [5.41, 5.74) is -1.15. The SMILES string of the molecule is COc1cc(F)c(Cl)c(C(C)(C)O)c1OC. The summed E-state index contributed by atoms with van der Waals surface area (Å²) in [5, 5.41) is 9.78. The van der Waals surface area contributed by atoms with Gasteiger partial charge < -0.3 is 14.6 Å². The topological polar surface area (TPSA) is 38.7 Å². The number of benzene rings is 1. The fraction of sp³-hybridized carbons (Fsp3) is 0.455. The Bertz CT molecular complexity index is 399. The zero-order chi connectivity index (χ0) is 12.5. The summed E-state index contributed by atoms with van der Waals surface area (Å²) in [6, 6.07) is 1.12. The molecule has 0 unspecified atom stereocenters. The average Bonchev–Trinajstić information content (AvgIpc) is 2.19. The normalized spacial score (nSPS) is 11.4. The van der Waals surface area contributed by atoms with E-state index < -0.39 is 11.4 Å². The highest BCUT2D eigenvalue weighted by Crippen LogP contribution is 2.43. The summed E-state index contributed by atoms with van der Waals surface area (Å²) in [6.07, 6.45) is 0. The molecule has 0 atom stereocenters. The lowest BCUT2D eigenvalue weighted by Gasteiger charge is -2.23. The van der Waals surface area contributed by atoms with E-state index in [0.29, 0.717) is 0 Å². The van der Waals surface area contributed by atoms with Gasteiger partial charge in [-0.1, -0.05) is 11.6 Å². The molecule has 0 aromatic heterocycles. The van der Waals surface area contributed by atoms with Gasteiger partial charge in [0.1, 0.15) is 5.82 Å². The van der Waals surface area contributed by atoms with Crippen molar-refractivity contribution in [3.63, 3.8) is 0 Å². The number of aliphatic hydroxyl groups is 1. The smallest absolute Gasteiger partial charge is 0.168 e. The fourth-order valence-corrected chi connectivity index (χ4v) is 1.86. The van der Waals surface area contributed by atoms with Crippen LogP contribution in [0.1, 0.15) is 19.4 Å². The van der Waals surface area contributed by atoms with Crippen LogP contribution in [-0.2, 0) is 5.60 Å². The zero-order valence-corrected chi connectivity index (χ0v) is 10.4. The van der Waals surface area contributed by atoms with Crippen molar-refractivity contribution >= 4 is 11.6 Å². The van der Waals surface area contributed by atoms with Crippen molar-refractivity contribution in [3.8, 4) is 11.5 Å². The Kier molecular flexibility index (Phi) is 3.65. The first kappa shape index (κ1) is 13.1. The van der Waals surface area contributed by atoms with Gasteiger partial charge in [-0.15, -0.1) is 0 Å². The van der Waals surface area contributed by atoms with E-state index in [1.165, 1.54) is 28.1 Å². The Morgan fingerprint density at radius 1 is 1.31 bits per heavy atom. The molecule has 0 aliphatic carbocycles. The molecule has 1 N–H and O–H groups in total.